The molecule has 2 unspecified atom stereocenters. The van der Waals surface area contributed by atoms with E-state index in [2.05, 4.69) is 16.0 Å². The van der Waals surface area contributed by atoms with Crippen LogP contribution in [0.15, 0.2) is 54.6 Å². The van der Waals surface area contributed by atoms with Crippen LogP contribution in [0, 0.1) is 11.3 Å². The van der Waals surface area contributed by atoms with Gasteiger partial charge in [0.25, 0.3) is 0 Å². The number of aliphatic hydroxyl groups is 1. The largest absolute Gasteiger partial charge is 0.488 e. The Bertz CT molecular complexity index is 787. The van der Waals surface area contributed by atoms with Crippen molar-refractivity contribution in [2.75, 3.05) is 6.61 Å². The second kappa shape index (κ2) is 9.57. The van der Waals surface area contributed by atoms with E-state index in [0.29, 0.717) is 17.9 Å². The summed E-state index contributed by atoms with van der Waals surface area (Å²) in [6.07, 6.45) is -0.509. The number of urea groups is 1. The van der Waals surface area contributed by atoms with Crippen molar-refractivity contribution in [2.24, 2.45) is 0 Å². The molecule has 7 heteroatoms. The maximum absolute atomic E-state index is 12.0. The molecular formula is C20H24N4O3. The van der Waals surface area contributed by atoms with E-state index in [9.17, 15) is 9.90 Å². The molecule has 0 aliphatic rings. The topological polar surface area (TPSA) is 106 Å². The zero-order valence-electron chi connectivity index (χ0n) is 15.4. The van der Waals surface area contributed by atoms with Crippen molar-refractivity contribution in [3.63, 3.8) is 0 Å². The third-order valence-electron chi connectivity index (χ3n) is 3.69. The molecule has 27 heavy (non-hydrogen) atoms. The Morgan fingerprint density at radius 3 is 2.59 bits per heavy atom. The fourth-order valence-corrected chi connectivity index (χ4v) is 2.47. The lowest BCUT2D eigenvalue weighted by Crippen LogP contribution is -2.57. The zero-order valence-corrected chi connectivity index (χ0v) is 15.4. The van der Waals surface area contributed by atoms with E-state index in [-0.39, 0.29) is 12.6 Å². The predicted octanol–water partition coefficient (Wildman–Crippen LogP) is 2.08. The summed E-state index contributed by atoms with van der Waals surface area (Å²) in [5, 5.41) is 27.8. The van der Waals surface area contributed by atoms with Gasteiger partial charge in [-0.3, -0.25) is 5.32 Å². The summed E-state index contributed by atoms with van der Waals surface area (Å²) in [7, 11) is 0. The van der Waals surface area contributed by atoms with Crippen LogP contribution in [0.3, 0.4) is 0 Å². The minimum Gasteiger partial charge on any atom is -0.488 e. The van der Waals surface area contributed by atoms with Gasteiger partial charge in [0.05, 0.1) is 11.7 Å². The molecule has 0 saturated heterocycles. The van der Waals surface area contributed by atoms with Crippen molar-refractivity contribution in [3.05, 3.63) is 65.7 Å². The Kier molecular flexibility index (Phi) is 7.17. The molecule has 0 aliphatic heterocycles. The smallest absolute Gasteiger partial charge is 0.316 e. The Morgan fingerprint density at radius 1 is 1.22 bits per heavy atom. The van der Waals surface area contributed by atoms with Crippen LogP contribution in [0.1, 0.15) is 25.0 Å². The number of nitrogens with one attached hydrogen (secondary N) is 3. The molecule has 0 aliphatic carbocycles. The number of hydrogen-bond acceptors (Lipinski definition) is 5. The van der Waals surface area contributed by atoms with Crippen LogP contribution in [-0.2, 0) is 6.54 Å². The van der Waals surface area contributed by atoms with Crippen molar-refractivity contribution in [3.8, 4) is 11.8 Å². The van der Waals surface area contributed by atoms with Crippen molar-refractivity contribution >= 4 is 6.03 Å². The highest BCUT2D eigenvalue weighted by atomic mass is 16.5. The Balaban J connectivity index is 1.78. The van der Waals surface area contributed by atoms with Crippen molar-refractivity contribution in [1.82, 2.24) is 16.0 Å². The fraction of sp³-hybridized carbons (Fsp3) is 0.300. The first-order chi connectivity index (χ1) is 12.9. The lowest BCUT2D eigenvalue weighted by atomic mass is 10.2. The molecule has 2 aromatic rings. The minimum absolute atomic E-state index is 0.0939. The first-order valence-electron chi connectivity index (χ1n) is 8.60. The average molecular weight is 368 g/mol. The van der Waals surface area contributed by atoms with Crippen LogP contribution in [0.4, 0.5) is 4.79 Å². The molecule has 7 nitrogen and oxygen atoms in total. The number of carbonyl (C=O) groups excluding carboxylic acids is 1. The molecule has 142 valence electrons. The number of hydrogen-bond donors (Lipinski definition) is 4. The van der Waals surface area contributed by atoms with Crippen molar-refractivity contribution < 1.29 is 14.6 Å². The van der Waals surface area contributed by atoms with Crippen LogP contribution in [0.25, 0.3) is 0 Å². The second-order valence-electron chi connectivity index (χ2n) is 6.35. The van der Waals surface area contributed by atoms with E-state index in [1.165, 1.54) is 6.92 Å². The number of nitriles is 1. The number of para-hydroxylation sites is 1. The van der Waals surface area contributed by atoms with Crippen molar-refractivity contribution in [1.29, 1.82) is 5.26 Å². The number of carbonyl (C=O) groups is 1. The van der Waals surface area contributed by atoms with Crippen LogP contribution in [-0.4, -0.2) is 29.6 Å². The molecule has 2 amide bonds. The molecule has 0 radical (unpaired) electrons. The summed E-state index contributed by atoms with van der Waals surface area (Å²) in [5.41, 5.74) is -0.0288. The summed E-state index contributed by atoms with van der Waals surface area (Å²) in [4.78, 5) is 12.0. The van der Waals surface area contributed by atoms with Crippen LogP contribution >= 0.6 is 0 Å². The highest BCUT2D eigenvalue weighted by Gasteiger charge is 2.24. The fourth-order valence-electron chi connectivity index (χ4n) is 2.47. The number of ether oxygens (including phenoxy) is 1. The third kappa shape index (κ3) is 6.98. The molecule has 0 heterocycles. The Hall–Kier alpha value is -3.08. The van der Waals surface area contributed by atoms with Crippen molar-refractivity contribution in [2.45, 2.75) is 32.3 Å². The van der Waals surface area contributed by atoms with E-state index in [4.69, 9.17) is 10.00 Å². The zero-order chi connectivity index (χ0) is 19.7. The minimum atomic E-state index is -1.41. The SMILES string of the molecule is CC(NC(=O)NCc1ccccc1)NC(C)(O)COc1ccccc1C#N. The monoisotopic (exact) mass is 368 g/mol. The molecule has 0 bridgehead atoms. The van der Waals surface area contributed by atoms with Crippen LogP contribution in [0.2, 0.25) is 0 Å². The number of amides is 2. The van der Waals surface area contributed by atoms with Gasteiger partial charge in [-0.25, -0.2) is 4.79 Å². The lowest BCUT2D eigenvalue weighted by molar-refractivity contribution is -0.0278. The van der Waals surface area contributed by atoms with E-state index in [1.54, 1.807) is 31.2 Å². The van der Waals surface area contributed by atoms with Gasteiger partial charge in [0.1, 0.15) is 24.2 Å². The summed E-state index contributed by atoms with van der Waals surface area (Å²) in [6, 6.07) is 18.0. The number of nitrogens with zero attached hydrogens (tertiary/aromatic N) is 1. The van der Waals surface area contributed by atoms with E-state index in [1.807, 2.05) is 36.4 Å². The first-order valence-corrected chi connectivity index (χ1v) is 8.60. The first kappa shape index (κ1) is 20.2. The van der Waals surface area contributed by atoms with E-state index >= 15 is 0 Å². The number of benzene rings is 2. The molecule has 2 atom stereocenters. The molecule has 2 aromatic carbocycles. The van der Waals surface area contributed by atoms with Gasteiger partial charge >= 0.3 is 6.03 Å². The normalized spacial score (nSPS) is 13.7. The molecule has 4 N–H and O–H groups in total. The van der Waals surface area contributed by atoms with Gasteiger partial charge < -0.3 is 20.5 Å². The van der Waals surface area contributed by atoms with Gasteiger partial charge in [0.15, 0.2) is 0 Å². The van der Waals surface area contributed by atoms with Gasteiger partial charge in [-0.2, -0.15) is 5.26 Å². The molecule has 0 aromatic heterocycles. The highest BCUT2D eigenvalue weighted by molar-refractivity contribution is 5.74. The maximum atomic E-state index is 12.0. The molecule has 0 saturated carbocycles. The maximum Gasteiger partial charge on any atom is 0.316 e. The Morgan fingerprint density at radius 2 is 1.89 bits per heavy atom. The molecule has 0 fully saturated rings. The van der Waals surface area contributed by atoms with Crippen LogP contribution < -0.4 is 20.7 Å². The van der Waals surface area contributed by atoms with E-state index < -0.39 is 11.9 Å². The van der Waals surface area contributed by atoms with Gasteiger partial charge in [-0.1, -0.05) is 42.5 Å². The third-order valence-corrected chi connectivity index (χ3v) is 3.69. The quantitative estimate of drug-likeness (QED) is 0.534. The average Bonchev–Trinajstić information content (AvgIpc) is 2.65. The highest BCUT2D eigenvalue weighted by Crippen LogP contribution is 2.17. The van der Waals surface area contributed by atoms with E-state index in [0.717, 1.165) is 5.56 Å². The lowest BCUT2D eigenvalue weighted by Gasteiger charge is -2.29. The van der Waals surface area contributed by atoms with Gasteiger partial charge in [0, 0.05) is 6.54 Å². The summed E-state index contributed by atoms with van der Waals surface area (Å²) in [5.74, 6) is 0.392. The molecule has 0 spiro atoms. The predicted molar refractivity (Wildman–Crippen MR) is 102 cm³/mol. The van der Waals surface area contributed by atoms with Gasteiger partial charge in [0.2, 0.25) is 0 Å². The summed E-state index contributed by atoms with van der Waals surface area (Å²) in [6.45, 7) is 3.55. The summed E-state index contributed by atoms with van der Waals surface area (Å²) < 4.78 is 5.54. The second-order valence-corrected chi connectivity index (χ2v) is 6.35. The molecular weight excluding hydrogens is 344 g/mol. The standard InChI is InChI=1S/C20H24N4O3/c1-15(23-19(25)22-13-16-8-4-3-5-9-16)24-20(2,26)14-27-18-11-7-6-10-17(18)12-21/h3-11,15,24,26H,13-14H2,1-2H3,(H2,22,23,25). The number of rotatable bonds is 8. The van der Waals surface area contributed by atoms with Gasteiger partial charge in [-0.05, 0) is 31.5 Å². The van der Waals surface area contributed by atoms with Gasteiger partial charge in [-0.15, -0.1) is 0 Å². The molecule has 2 rings (SSSR count). The van der Waals surface area contributed by atoms with Crippen LogP contribution in [0.5, 0.6) is 5.75 Å². The summed E-state index contributed by atoms with van der Waals surface area (Å²) >= 11 is 0. The Labute approximate surface area is 159 Å².